The molecule has 6 heteroatoms. The molecule has 2 nitrogen and oxygen atoms in total. The van der Waals surface area contributed by atoms with Gasteiger partial charge in [-0.1, -0.05) is 0 Å². The van der Waals surface area contributed by atoms with E-state index in [0.717, 1.165) is 0 Å². The number of nitrogens with zero attached hydrogens (tertiary/aromatic N) is 1. The molecular weight excluding hydrogens is 215 g/mol. The lowest BCUT2D eigenvalue weighted by Crippen LogP contribution is -2.03. The van der Waals surface area contributed by atoms with Crippen molar-refractivity contribution in [1.29, 1.82) is 0 Å². The Morgan fingerprint density at radius 2 is 2.14 bits per heavy atom. The second-order valence-electron chi connectivity index (χ2n) is 2.58. The third kappa shape index (κ3) is 2.88. The SMILES string of the molecule is Cc1nccc(SC(F)(F)F)c1CO. The second kappa shape index (κ2) is 4.18. The van der Waals surface area contributed by atoms with Crippen molar-refractivity contribution >= 4 is 11.8 Å². The van der Waals surface area contributed by atoms with Crippen LogP contribution in [0.4, 0.5) is 13.2 Å². The topological polar surface area (TPSA) is 33.1 Å². The van der Waals surface area contributed by atoms with E-state index in [4.69, 9.17) is 5.11 Å². The van der Waals surface area contributed by atoms with Gasteiger partial charge in [-0.25, -0.2) is 0 Å². The second-order valence-corrected chi connectivity index (χ2v) is 3.69. The monoisotopic (exact) mass is 223 g/mol. The van der Waals surface area contributed by atoms with Crippen molar-refractivity contribution in [3.63, 3.8) is 0 Å². The van der Waals surface area contributed by atoms with Crippen molar-refractivity contribution in [3.05, 3.63) is 23.5 Å². The van der Waals surface area contributed by atoms with Crippen molar-refractivity contribution in [3.8, 4) is 0 Å². The lowest BCUT2D eigenvalue weighted by molar-refractivity contribution is -0.0328. The highest BCUT2D eigenvalue weighted by molar-refractivity contribution is 8.00. The molecule has 1 N–H and O–H groups in total. The van der Waals surface area contributed by atoms with E-state index >= 15 is 0 Å². The Balaban J connectivity index is 3.02. The molecule has 14 heavy (non-hydrogen) atoms. The third-order valence-corrected chi connectivity index (χ3v) is 2.45. The highest BCUT2D eigenvalue weighted by atomic mass is 32.2. The number of pyridine rings is 1. The lowest BCUT2D eigenvalue weighted by Gasteiger charge is -2.10. The molecule has 0 saturated heterocycles. The number of aryl methyl sites for hydroxylation is 1. The normalized spacial score (nSPS) is 11.8. The molecule has 78 valence electrons. The molecule has 0 fully saturated rings. The smallest absolute Gasteiger partial charge is 0.392 e. The van der Waals surface area contributed by atoms with Gasteiger partial charge in [0.05, 0.1) is 6.61 Å². The molecule has 0 aliphatic heterocycles. The average molecular weight is 223 g/mol. The molecule has 1 aromatic heterocycles. The van der Waals surface area contributed by atoms with Crippen LogP contribution in [0.3, 0.4) is 0 Å². The first-order chi connectivity index (χ1) is 6.44. The van der Waals surface area contributed by atoms with Crippen LogP contribution in [0.15, 0.2) is 17.2 Å². The van der Waals surface area contributed by atoms with Crippen molar-refractivity contribution in [2.24, 2.45) is 0 Å². The number of thioether (sulfide) groups is 1. The Labute approximate surface area is 83.2 Å². The summed E-state index contributed by atoms with van der Waals surface area (Å²) in [6.45, 7) is 1.13. The molecule has 0 bridgehead atoms. The Bertz CT molecular complexity index is 327. The predicted molar refractivity (Wildman–Crippen MR) is 46.8 cm³/mol. The van der Waals surface area contributed by atoms with Crippen LogP contribution in [0.1, 0.15) is 11.3 Å². The van der Waals surface area contributed by atoms with Crippen molar-refractivity contribution in [1.82, 2.24) is 4.98 Å². The summed E-state index contributed by atoms with van der Waals surface area (Å²) in [6, 6.07) is 1.25. The maximum atomic E-state index is 12.1. The Morgan fingerprint density at radius 3 is 2.64 bits per heavy atom. The summed E-state index contributed by atoms with van der Waals surface area (Å²) >= 11 is -0.234. The molecule has 0 aliphatic carbocycles. The van der Waals surface area contributed by atoms with E-state index in [2.05, 4.69) is 4.98 Å². The molecule has 1 heterocycles. The molecule has 0 spiro atoms. The molecule has 0 unspecified atom stereocenters. The molecule has 0 aromatic carbocycles. The number of hydrogen-bond donors (Lipinski definition) is 1. The summed E-state index contributed by atoms with van der Waals surface area (Å²) in [5.74, 6) is 0. The summed E-state index contributed by atoms with van der Waals surface area (Å²) in [4.78, 5) is 3.81. The molecule has 0 amide bonds. The van der Waals surface area contributed by atoms with Gasteiger partial charge in [0.25, 0.3) is 0 Å². The minimum absolute atomic E-state index is 0.00694. The summed E-state index contributed by atoms with van der Waals surface area (Å²) in [7, 11) is 0. The minimum atomic E-state index is -4.34. The van der Waals surface area contributed by atoms with Gasteiger partial charge in [0, 0.05) is 22.3 Å². The van der Waals surface area contributed by atoms with E-state index in [1.54, 1.807) is 6.92 Å². The van der Waals surface area contributed by atoms with Crippen LogP contribution in [-0.2, 0) is 6.61 Å². The molecule has 1 aromatic rings. The van der Waals surface area contributed by atoms with E-state index in [0.29, 0.717) is 5.69 Å². The van der Waals surface area contributed by atoms with E-state index in [-0.39, 0.29) is 22.2 Å². The summed E-state index contributed by atoms with van der Waals surface area (Å²) < 4.78 is 36.2. The molecule has 0 saturated carbocycles. The Hall–Kier alpha value is -0.750. The number of alkyl halides is 3. The molecular formula is C8H8F3NOS. The zero-order valence-electron chi connectivity index (χ0n) is 7.30. The van der Waals surface area contributed by atoms with Gasteiger partial charge in [-0.3, -0.25) is 4.98 Å². The zero-order valence-corrected chi connectivity index (χ0v) is 8.11. The largest absolute Gasteiger partial charge is 0.446 e. The first-order valence-corrected chi connectivity index (χ1v) is 4.57. The van der Waals surface area contributed by atoms with Crippen LogP contribution in [0.5, 0.6) is 0 Å². The number of aromatic nitrogens is 1. The van der Waals surface area contributed by atoms with E-state index in [1.807, 2.05) is 0 Å². The van der Waals surface area contributed by atoms with Crippen LogP contribution < -0.4 is 0 Å². The summed E-state index contributed by atoms with van der Waals surface area (Å²) in [5.41, 5.74) is -3.69. The predicted octanol–water partition coefficient (Wildman–Crippen LogP) is 2.49. The molecule has 0 aliphatic rings. The van der Waals surface area contributed by atoms with Gasteiger partial charge >= 0.3 is 5.51 Å². The molecule has 0 radical (unpaired) electrons. The summed E-state index contributed by atoms with van der Waals surface area (Å²) in [6.07, 6.45) is 1.29. The molecule has 0 atom stereocenters. The maximum absolute atomic E-state index is 12.1. The van der Waals surface area contributed by atoms with Crippen LogP contribution in [0, 0.1) is 6.92 Å². The van der Waals surface area contributed by atoms with Gasteiger partial charge in [0.2, 0.25) is 0 Å². The van der Waals surface area contributed by atoms with Crippen LogP contribution >= 0.6 is 11.8 Å². The lowest BCUT2D eigenvalue weighted by atomic mass is 10.2. The van der Waals surface area contributed by atoms with Gasteiger partial charge < -0.3 is 5.11 Å². The highest BCUT2D eigenvalue weighted by Crippen LogP contribution is 2.38. The maximum Gasteiger partial charge on any atom is 0.446 e. The van der Waals surface area contributed by atoms with Crippen molar-refractivity contribution in [2.45, 2.75) is 23.9 Å². The number of aliphatic hydroxyl groups excluding tert-OH is 1. The number of aliphatic hydroxyl groups is 1. The quantitative estimate of drug-likeness (QED) is 0.782. The first kappa shape index (κ1) is 11.3. The van der Waals surface area contributed by atoms with Crippen LogP contribution in [0.25, 0.3) is 0 Å². The van der Waals surface area contributed by atoms with E-state index in [9.17, 15) is 13.2 Å². The zero-order chi connectivity index (χ0) is 10.8. The number of hydrogen-bond acceptors (Lipinski definition) is 3. The van der Waals surface area contributed by atoms with Crippen molar-refractivity contribution < 1.29 is 18.3 Å². The van der Waals surface area contributed by atoms with Gasteiger partial charge in [0.15, 0.2) is 0 Å². The van der Waals surface area contributed by atoms with Crippen LogP contribution in [0.2, 0.25) is 0 Å². The number of rotatable bonds is 2. The third-order valence-electron chi connectivity index (χ3n) is 1.61. The fraction of sp³-hybridized carbons (Fsp3) is 0.375. The van der Waals surface area contributed by atoms with E-state index < -0.39 is 12.1 Å². The van der Waals surface area contributed by atoms with Gasteiger partial charge in [-0.15, -0.1) is 0 Å². The van der Waals surface area contributed by atoms with Crippen LogP contribution in [-0.4, -0.2) is 15.6 Å². The van der Waals surface area contributed by atoms with Gasteiger partial charge in [0.1, 0.15) is 0 Å². The average Bonchev–Trinajstić information content (AvgIpc) is 2.01. The minimum Gasteiger partial charge on any atom is -0.392 e. The standard InChI is InChI=1S/C8H8F3NOS/c1-5-6(4-13)7(2-3-12-5)14-8(9,10)11/h2-3,13H,4H2,1H3. The fourth-order valence-electron chi connectivity index (χ4n) is 0.986. The fourth-order valence-corrected chi connectivity index (χ4v) is 1.70. The van der Waals surface area contributed by atoms with E-state index in [1.165, 1.54) is 12.3 Å². The van der Waals surface area contributed by atoms with Crippen molar-refractivity contribution in [2.75, 3.05) is 0 Å². The summed E-state index contributed by atoms with van der Waals surface area (Å²) in [5, 5.41) is 8.88. The highest BCUT2D eigenvalue weighted by Gasteiger charge is 2.30. The number of halogens is 3. The van der Waals surface area contributed by atoms with Gasteiger partial charge in [-0.05, 0) is 24.8 Å². The first-order valence-electron chi connectivity index (χ1n) is 3.75. The Morgan fingerprint density at radius 1 is 1.50 bits per heavy atom. The van der Waals surface area contributed by atoms with Gasteiger partial charge in [-0.2, -0.15) is 13.2 Å². The molecule has 1 rings (SSSR count). The Kier molecular flexibility index (Phi) is 3.38.